The molecule has 1 heterocycles. The molecule has 2 N–H and O–H groups in total. The van der Waals surface area contributed by atoms with E-state index in [1.54, 1.807) is 7.11 Å². The summed E-state index contributed by atoms with van der Waals surface area (Å²) in [6.45, 7) is 3.96. The van der Waals surface area contributed by atoms with E-state index < -0.39 is 0 Å². The molecule has 88 valence electrons. The minimum Gasteiger partial charge on any atom is -0.496 e. The number of anilines is 1. The van der Waals surface area contributed by atoms with Crippen LogP contribution in [0.1, 0.15) is 11.1 Å². The Kier molecular flexibility index (Phi) is 2.91. The zero-order valence-corrected chi connectivity index (χ0v) is 10.1. The lowest BCUT2D eigenvalue weighted by Gasteiger charge is -2.10. The van der Waals surface area contributed by atoms with E-state index in [-0.39, 0.29) is 0 Å². The molecule has 2 rings (SSSR count). The standard InChI is InChI=1S/C12H14N4O/c1-7-4-9(5-8(2)11(7)17-3)12-15-10(13)6-14-16-12/h4-6H,1-3H3,(H2,13,15,16). The summed E-state index contributed by atoms with van der Waals surface area (Å²) in [5.74, 6) is 1.77. The average molecular weight is 230 g/mol. The topological polar surface area (TPSA) is 73.9 Å². The van der Waals surface area contributed by atoms with Crippen molar-refractivity contribution in [2.75, 3.05) is 12.8 Å². The number of nitrogen functional groups attached to an aromatic ring is 1. The molecule has 0 aliphatic carbocycles. The molecular formula is C12H14N4O. The summed E-state index contributed by atoms with van der Waals surface area (Å²) in [6, 6.07) is 3.92. The highest BCUT2D eigenvalue weighted by Gasteiger charge is 2.09. The van der Waals surface area contributed by atoms with Gasteiger partial charge in [-0.3, -0.25) is 0 Å². The fourth-order valence-electron chi connectivity index (χ4n) is 1.84. The van der Waals surface area contributed by atoms with Crippen LogP contribution < -0.4 is 10.5 Å². The highest BCUT2D eigenvalue weighted by Crippen LogP contribution is 2.28. The Bertz CT molecular complexity index is 531. The maximum Gasteiger partial charge on any atom is 0.183 e. The van der Waals surface area contributed by atoms with Crippen molar-refractivity contribution in [1.29, 1.82) is 0 Å². The molecule has 5 heteroatoms. The lowest BCUT2D eigenvalue weighted by Crippen LogP contribution is -1.99. The van der Waals surface area contributed by atoms with Gasteiger partial charge in [-0.2, -0.15) is 5.10 Å². The minimum atomic E-state index is 0.362. The van der Waals surface area contributed by atoms with E-state index in [1.165, 1.54) is 6.20 Å². The number of hydrogen-bond acceptors (Lipinski definition) is 5. The maximum atomic E-state index is 5.59. The van der Waals surface area contributed by atoms with Crippen LogP contribution in [0.15, 0.2) is 18.3 Å². The Morgan fingerprint density at radius 2 is 1.82 bits per heavy atom. The largest absolute Gasteiger partial charge is 0.496 e. The molecule has 0 spiro atoms. The van der Waals surface area contributed by atoms with Crippen LogP contribution in [0.3, 0.4) is 0 Å². The highest BCUT2D eigenvalue weighted by molar-refractivity contribution is 5.61. The summed E-state index contributed by atoms with van der Waals surface area (Å²) in [5.41, 5.74) is 8.55. The Hall–Kier alpha value is -2.17. The number of aryl methyl sites for hydroxylation is 2. The Balaban J connectivity index is 2.54. The summed E-state index contributed by atoms with van der Waals surface area (Å²) in [5, 5.41) is 7.76. The first-order valence-electron chi connectivity index (χ1n) is 5.22. The zero-order chi connectivity index (χ0) is 12.4. The molecule has 1 aromatic carbocycles. The van der Waals surface area contributed by atoms with E-state index in [1.807, 2.05) is 26.0 Å². The van der Waals surface area contributed by atoms with Gasteiger partial charge in [-0.1, -0.05) is 0 Å². The quantitative estimate of drug-likeness (QED) is 0.850. The number of benzene rings is 1. The Morgan fingerprint density at radius 3 is 2.35 bits per heavy atom. The molecular weight excluding hydrogens is 216 g/mol. The first-order valence-corrected chi connectivity index (χ1v) is 5.22. The van der Waals surface area contributed by atoms with E-state index in [2.05, 4.69) is 15.2 Å². The molecule has 2 aromatic rings. The van der Waals surface area contributed by atoms with Crippen molar-refractivity contribution in [1.82, 2.24) is 15.2 Å². The van der Waals surface area contributed by atoms with Gasteiger partial charge in [0.05, 0.1) is 13.3 Å². The molecule has 0 aliphatic rings. The monoisotopic (exact) mass is 230 g/mol. The van der Waals surface area contributed by atoms with Gasteiger partial charge in [0, 0.05) is 5.56 Å². The van der Waals surface area contributed by atoms with Crippen molar-refractivity contribution in [2.24, 2.45) is 0 Å². The van der Waals surface area contributed by atoms with E-state index in [4.69, 9.17) is 10.5 Å². The van der Waals surface area contributed by atoms with Crippen LogP contribution in [0.5, 0.6) is 5.75 Å². The van der Waals surface area contributed by atoms with E-state index in [9.17, 15) is 0 Å². The zero-order valence-electron chi connectivity index (χ0n) is 10.1. The van der Waals surface area contributed by atoms with Gasteiger partial charge in [-0.25, -0.2) is 4.98 Å². The molecule has 0 atom stereocenters. The second-order valence-corrected chi connectivity index (χ2v) is 3.85. The van der Waals surface area contributed by atoms with Gasteiger partial charge in [0.15, 0.2) is 5.82 Å². The Morgan fingerprint density at radius 1 is 1.18 bits per heavy atom. The van der Waals surface area contributed by atoms with Crippen LogP contribution in [-0.4, -0.2) is 22.3 Å². The van der Waals surface area contributed by atoms with Gasteiger partial charge < -0.3 is 10.5 Å². The number of nitrogens with two attached hydrogens (primary N) is 1. The SMILES string of the molecule is COc1c(C)cc(-c2nncc(N)n2)cc1C. The lowest BCUT2D eigenvalue weighted by molar-refractivity contribution is 0.408. The molecule has 0 radical (unpaired) electrons. The second kappa shape index (κ2) is 4.37. The number of ether oxygens (including phenoxy) is 1. The molecule has 5 nitrogen and oxygen atoms in total. The maximum absolute atomic E-state index is 5.59. The normalized spacial score (nSPS) is 10.3. The van der Waals surface area contributed by atoms with Crippen LogP contribution in [0, 0.1) is 13.8 Å². The van der Waals surface area contributed by atoms with Crippen LogP contribution >= 0.6 is 0 Å². The van der Waals surface area contributed by atoms with E-state index in [0.717, 1.165) is 22.4 Å². The third-order valence-corrected chi connectivity index (χ3v) is 2.50. The van der Waals surface area contributed by atoms with Gasteiger partial charge >= 0.3 is 0 Å². The Labute approximate surface area is 99.7 Å². The van der Waals surface area contributed by atoms with Crippen LogP contribution in [0.2, 0.25) is 0 Å². The average Bonchev–Trinajstić information content (AvgIpc) is 2.28. The van der Waals surface area contributed by atoms with Gasteiger partial charge in [-0.15, -0.1) is 5.10 Å². The molecule has 0 aliphatic heterocycles. The predicted molar refractivity (Wildman–Crippen MR) is 65.7 cm³/mol. The number of methoxy groups -OCH3 is 1. The van der Waals surface area contributed by atoms with Gasteiger partial charge in [0.25, 0.3) is 0 Å². The number of nitrogens with zero attached hydrogens (tertiary/aromatic N) is 3. The summed E-state index contributed by atoms with van der Waals surface area (Å²) in [6.07, 6.45) is 1.42. The summed E-state index contributed by atoms with van der Waals surface area (Å²) in [4.78, 5) is 4.14. The summed E-state index contributed by atoms with van der Waals surface area (Å²) in [7, 11) is 1.66. The van der Waals surface area contributed by atoms with E-state index >= 15 is 0 Å². The van der Waals surface area contributed by atoms with Crippen molar-refractivity contribution in [3.05, 3.63) is 29.5 Å². The molecule has 0 amide bonds. The van der Waals surface area contributed by atoms with Gasteiger partial charge in [0.1, 0.15) is 11.6 Å². The number of rotatable bonds is 2. The van der Waals surface area contributed by atoms with Crippen LogP contribution in [0.4, 0.5) is 5.82 Å². The molecule has 1 aromatic heterocycles. The summed E-state index contributed by atoms with van der Waals surface area (Å²) < 4.78 is 5.31. The third-order valence-electron chi connectivity index (χ3n) is 2.50. The van der Waals surface area contributed by atoms with Crippen molar-refractivity contribution in [2.45, 2.75) is 13.8 Å². The molecule has 17 heavy (non-hydrogen) atoms. The molecule has 0 unspecified atom stereocenters. The fourth-order valence-corrected chi connectivity index (χ4v) is 1.84. The minimum absolute atomic E-state index is 0.362. The van der Waals surface area contributed by atoms with Gasteiger partial charge in [-0.05, 0) is 37.1 Å². The highest BCUT2D eigenvalue weighted by atomic mass is 16.5. The molecule has 0 saturated carbocycles. The molecule has 0 saturated heterocycles. The van der Waals surface area contributed by atoms with Crippen molar-refractivity contribution in [3.8, 4) is 17.1 Å². The fraction of sp³-hybridized carbons (Fsp3) is 0.250. The van der Waals surface area contributed by atoms with Crippen LogP contribution in [0.25, 0.3) is 11.4 Å². The number of hydrogen-bond donors (Lipinski definition) is 1. The first-order chi connectivity index (χ1) is 8.11. The second-order valence-electron chi connectivity index (χ2n) is 3.85. The van der Waals surface area contributed by atoms with Gasteiger partial charge in [0.2, 0.25) is 0 Å². The molecule has 0 fully saturated rings. The summed E-state index contributed by atoms with van der Waals surface area (Å²) >= 11 is 0. The van der Waals surface area contributed by atoms with Crippen molar-refractivity contribution < 1.29 is 4.74 Å². The predicted octanol–water partition coefficient (Wildman–Crippen LogP) is 1.75. The van der Waals surface area contributed by atoms with Crippen molar-refractivity contribution >= 4 is 5.82 Å². The van der Waals surface area contributed by atoms with E-state index in [0.29, 0.717) is 11.6 Å². The van der Waals surface area contributed by atoms with Crippen molar-refractivity contribution in [3.63, 3.8) is 0 Å². The smallest absolute Gasteiger partial charge is 0.183 e. The third kappa shape index (κ3) is 2.18. The number of aromatic nitrogens is 3. The van der Waals surface area contributed by atoms with Crippen LogP contribution in [-0.2, 0) is 0 Å². The first kappa shape index (κ1) is 11.3. The lowest BCUT2D eigenvalue weighted by atomic mass is 10.1. The molecule has 0 bridgehead atoms.